The molecule has 36 heavy (non-hydrogen) atoms. The minimum Gasteiger partial charge on any atom is -0.349 e. The van der Waals surface area contributed by atoms with E-state index in [1.54, 1.807) is 18.3 Å². The van der Waals surface area contributed by atoms with Gasteiger partial charge in [-0.05, 0) is 61.4 Å². The Morgan fingerprint density at radius 3 is 2.58 bits per heavy atom. The van der Waals surface area contributed by atoms with Crippen LogP contribution in [0.1, 0.15) is 61.0 Å². The van der Waals surface area contributed by atoms with Crippen molar-refractivity contribution < 1.29 is 13.2 Å². The molecule has 3 aromatic rings. The fourth-order valence-corrected chi connectivity index (χ4v) is 7.01. The van der Waals surface area contributed by atoms with Crippen molar-refractivity contribution in [2.45, 2.75) is 70.0 Å². The molecule has 190 valence electrons. The van der Waals surface area contributed by atoms with Crippen LogP contribution in [0.2, 0.25) is 0 Å². The lowest BCUT2D eigenvalue weighted by atomic mass is 9.86. The van der Waals surface area contributed by atoms with Gasteiger partial charge in [0.05, 0.1) is 10.4 Å². The molecule has 0 saturated heterocycles. The van der Waals surface area contributed by atoms with Gasteiger partial charge in [0.15, 0.2) is 0 Å². The number of amides is 1. The van der Waals surface area contributed by atoms with Gasteiger partial charge in [0.25, 0.3) is 5.91 Å². The van der Waals surface area contributed by atoms with E-state index in [2.05, 4.69) is 12.2 Å². The first kappa shape index (κ1) is 24.7. The van der Waals surface area contributed by atoms with E-state index in [0.717, 1.165) is 36.8 Å². The largest absolute Gasteiger partial charge is 0.349 e. The van der Waals surface area contributed by atoms with Crippen LogP contribution >= 0.6 is 0 Å². The number of rotatable bonds is 5. The third-order valence-corrected chi connectivity index (χ3v) is 9.64. The molecule has 1 N–H and O–H groups in total. The fraction of sp³-hybridized carbons (Fsp3) is 0.429. The maximum atomic E-state index is 13.6. The molecule has 0 radical (unpaired) electrons. The summed E-state index contributed by atoms with van der Waals surface area (Å²) >= 11 is 0. The van der Waals surface area contributed by atoms with E-state index < -0.39 is 15.5 Å². The van der Waals surface area contributed by atoms with Crippen LogP contribution in [0.3, 0.4) is 0 Å². The molecule has 2 aliphatic rings. The Morgan fingerprint density at radius 1 is 1.08 bits per heavy atom. The maximum absolute atomic E-state index is 13.6. The van der Waals surface area contributed by atoms with Gasteiger partial charge in [-0.3, -0.25) is 9.59 Å². The minimum atomic E-state index is -3.81. The number of aromatic nitrogens is 1. The quantitative estimate of drug-likeness (QED) is 0.564. The summed E-state index contributed by atoms with van der Waals surface area (Å²) in [4.78, 5) is 26.8. The molecule has 1 amide bonds. The molecule has 5 rings (SSSR count). The van der Waals surface area contributed by atoms with E-state index in [0.29, 0.717) is 37.5 Å². The van der Waals surface area contributed by atoms with Crippen molar-refractivity contribution in [2.75, 3.05) is 6.54 Å². The fourth-order valence-electron chi connectivity index (χ4n) is 5.56. The first-order chi connectivity index (χ1) is 17.3. The second kappa shape index (κ2) is 9.82. The standard InChI is InChI=1S/C28H33N3O4S/c1-3-30-18-24(28(33)29-25-11-7-4-8-19(25)2)27(32)23-16-22(12-13-26(23)30)36(34,35)31-15-14-20-9-5-6-10-21(20)17-31/h5-6,9-10,12-13,16,18-19,25H,3-4,7-8,11,14-15,17H2,1-2H3,(H,29,33). The van der Waals surface area contributed by atoms with Crippen LogP contribution in [0.5, 0.6) is 0 Å². The number of hydrogen-bond acceptors (Lipinski definition) is 4. The molecule has 1 saturated carbocycles. The summed E-state index contributed by atoms with van der Waals surface area (Å²) in [6.45, 7) is 5.30. The van der Waals surface area contributed by atoms with Crippen molar-refractivity contribution in [2.24, 2.45) is 5.92 Å². The van der Waals surface area contributed by atoms with E-state index in [1.807, 2.05) is 35.8 Å². The Bertz CT molecular complexity index is 1480. The molecule has 1 aromatic heterocycles. The highest BCUT2D eigenvalue weighted by Gasteiger charge is 2.29. The van der Waals surface area contributed by atoms with Crippen LogP contribution in [-0.4, -0.2) is 35.8 Å². The van der Waals surface area contributed by atoms with Crippen LogP contribution in [0.25, 0.3) is 10.9 Å². The zero-order chi connectivity index (χ0) is 25.4. The maximum Gasteiger partial charge on any atom is 0.256 e. The van der Waals surface area contributed by atoms with E-state index in [-0.39, 0.29) is 27.8 Å². The topological polar surface area (TPSA) is 88.5 Å². The van der Waals surface area contributed by atoms with Crippen LogP contribution in [0.15, 0.2) is 58.4 Å². The monoisotopic (exact) mass is 507 g/mol. The van der Waals surface area contributed by atoms with Gasteiger partial charge in [0.1, 0.15) is 5.56 Å². The number of aryl methyl sites for hydroxylation is 1. The number of carbonyl (C=O) groups is 1. The van der Waals surface area contributed by atoms with Crippen molar-refractivity contribution in [1.29, 1.82) is 0 Å². The van der Waals surface area contributed by atoms with Crippen molar-refractivity contribution in [1.82, 2.24) is 14.2 Å². The summed E-state index contributed by atoms with van der Waals surface area (Å²) in [6, 6.07) is 12.6. The smallest absolute Gasteiger partial charge is 0.256 e. The van der Waals surface area contributed by atoms with Crippen molar-refractivity contribution in [3.05, 3.63) is 75.6 Å². The average Bonchev–Trinajstić information content (AvgIpc) is 2.89. The van der Waals surface area contributed by atoms with Crippen molar-refractivity contribution in [3.63, 3.8) is 0 Å². The van der Waals surface area contributed by atoms with E-state index in [9.17, 15) is 18.0 Å². The number of nitrogens with zero attached hydrogens (tertiary/aromatic N) is 2. The van der Waals surface area contributed by atoms with Crippen molar-refractivity contribution >= 4 is 26.8 Å². The second-order valence-corrected chi connectivity index (χ2v) is 12.0. The van der Waals surface area contributed by atoms with Gasteiger partial charge in [-0.2, -0.15) is 4.31 Å². The van der Waals surface area contributed by atoms with Crippen LogP contribution < -0.4 is 10.7 Å². The van der Waals surface area contributed by atoms with Gasteiger partial charge in [0, 0.05) is 37.3 Å². The highest BCUT2D eigenvalue weighted by molar-refractivity contribution is 7.89. The number of benzene rings is 2. The molecule has 8 heteroatoms. The van der Waals surface area contributed by atoms with Crippen LogP contribution in [0.4, 0.5) is 0 Å². The summed E-state index contributed by atoms with van der Waals surface area (Å²) < 4.78 is 30.4. The SMILES string of the molecule is CCn1cc(C(=O)NC2CCCCC2C)c(=O)c2cc(S(=O)(=O)N3CCc4ccccc4C3)ccc21. The number of carbonyl (C=O) groups excluding carboxylic acids is 1. The zero-order valence-electron chi connectivity index (χ0n) is 20.9. The summed E-state index contributed by atoms with van der Waals surface area (Å²) in [5.74, 6) is -0.0216. The summed E-state index contributed by atoms with van der Waals surface area (Å²) in [5, 5.41) is 3.32. The molecule has 2 atom stereocenters. The van der Waals surface area contributed by atoms with E-state index in [1.165, 1.54) is 10.4 Å². The third kappa shape index (κ3) is 4.48. The lowest BCUT2D eigenvalue weighted by Crippen LogP contribution is -2.42. The second-order valence-electron chi connectivity index (χ2n) is 10.0. The summed E-state index contributed by atoms with van der Waals surface area (Å²) in [7, 11) is -3.81. The predicted octanol–water partition coefficient (Wildman–Crippen LogP) is 4.08. The zero-order valence-corrected chi connectivity index (χ0v) is 21.7. The Labute approximate surface area is 212 Å². The molecule has 1 fully saturated rings. The third-order valence-electron chi connectivity index (χ3n) is 7.80. The Balaban J connectivity index is 1.51. The lowest BCUT2D eigenvalue weighted by Gasteiger charge is -2.29. The first-order valence-corrected chi connectivity index (χ1v) is 14.3. The predicted molar refractivity (Wildman–Crippen MR) is 141 cm³/mol. The highest BCUT2D eigenvalue weighted by atomic mass is 32.2. The van der Waals surface area contributed by atoms with E-state index >= 15 is 0 Å². The number of sulfonamides is 1. The van der Waals surface area contributed by atoms with Crippen LogP contribution in [0, 0.1) is 5.92 Å². The first-order valence-electron chi connectivity index (χ1n) is 12.8. The molecule has 2 unspecified atom stereocenters. The lowest BCUT2D eigenvalue weighted by molar-refractivity contribution is 0.0908. The number of hydrogen-bond donors (Lipinski definition) is 1. The molecular formula is C28H33N3O4S. The molecular weight excluding hydrogens is 474 g/mol. The van der Waals surface area contributed by atoms with Gasteiger partial charge < -0.3 is 9.88 Å². The number of nitrogens with one attached hydrogen (secondary N) is 1. The van der Waals surface area contributed by atoms with Gasteiger partial charge in [-0.15, -0.1) is 0 Å². The normalized spacial score (nSPS) is 20.7. The number of fused-ring (bicyclic) bond motifs is 2. The highest BCUT2D eigenvalue weighted by Crippen LogP contribution is 2.27. The van der Waals surface area contributed by atoms with Gasteiger partial charge in [-0.1, -0.05) is 44.0 Å². The van der Waals surface area contributed by atoms with Gasteiger partial charge >= 0.3 is 0 Å². The Morgan fingerprint density at radius 2 is 1.83 bits per heavy atom. The van der Waals surface area contributed by atoms with Gasteiger partial charge in [-0.25, -0.2) is 8.42 Å². The number of pyridine rings is 1. The van der Waals surface area contributed by atoms with Crippen molar-refractivity contribution in [3.8, 4) is 0 Å². The molecule has 2 heterocycles. The summed E-state index contributed by atoms with van der Waals surface area (Å²) in [6.07, 6.45) is 6.44. The van der Waals surface area contributed by atoms with Crippen LogP contribution in [-0.2, 0) is 29.5 Å². The Kier molecular flexibility index (Phi) is 6.74. The molecule has 1 aliphatic heterocycles. The minimum absolute atomic E-state index is 0.0464. The molecule has 1 aliphatic carbocycles. The summed E-state index contributed by atoms with van der Waals surface area (Å²) in [5.41, 5.74) is 2.40. The molecule has 2 aromatic carbocycles. The molecule has 7 nitrogen and oxygen atoms in total. The van der Waals surface area contributed by atoms with Gasteiger partial charge in [0.2, 0.25) is 15.5 Å². The molecule has 0 spiro atoms. The molecule has 0 bridgehead atoms. The Hall–Kier alpha value is -2.97. The van der Waals surface area contributed by atoms with E-state index in [4.69, 9.17) is 0 Å². The average molecular weight is 508 g/mol.